The summed E-state index contributed by atoms with van der Waals surface area (Å²) in [5.41, 5.74) is 1.03. The lowest BCUT2D eigenvalue weighted by atomic mass is 10.1. The Morgan fingerprint density at radius 3 is 2.62 bits per heavy atom. The Hall–Kier alpha value is -0.960. The topological polar surface area (TPSA) is 46.0 Å². The van der Waals surface area contributed by atoms with Crippen LogP contribution >= 0.6 is 0 Å². The maximum atomic E-state index is 9.70. The molecule has 0 bridgehead atoms. The van der Waals surface area contributed by atoms with Gasteiger partial charge in [-0.05, 0) is 24.8 Å². The highest BCUT2D eigenvalue weighted by Gasteiger charge is 2.26. The van der Waals surface area contributed by atoms with Gasteiger partial charge in [-0.2, -0.15) is 0 Å². The predicted octanol–water partition coefficient (Wildman–Crippen LogP) is 1.62. The molecule has 1 aliphatic rings. The molecule has 0 radical (unpaired) electrons. The molecule has 0 spiro atoms. The van der Waals surface area contributed by atoms with Crippen molar-refractivity contribution in [2.75, 3.05) is 0 Å². The largest absolute Gasteiger partial charge is 0.385 e. The van der Waals surface area contributed by atoms with Crippen LogP contribution < -0.4 is 0 Å². The summed E-state index contributed by atoms with van der Waals surface area (Å²) in [5, 5.41) is 9.70. The first-order chi connectivity index (χ1) is 6.25. The third kappa shape index (κ3) is 2.25. The maximum Gasteiger partial charge on any atom is 0.156 e. The highest BCUT2D eigenvalue weighted by Crippen LogP contribution is 2.36. The van der Waals surface area contributed by atoms with Gasteiger partial charge in [-0.1, -0.05) is 12.8 Å². The molecule has 1 unspecified atom stereocenters. The fourth-order valence-corrected chi connectivity index (χ4v) is 1.35. The van der Waals surface area contributed by atoms with Crippen LogP contribution in [0.2, 0.25) is 0 Å². The number of aryl methyl sites for hydroxylation is 1. The van der Waals surface area contributed by atoms with Crippen molar-refractivity contribution < 1.29 is 5.11 Å². The molecule has 0 aliphatic heterocycles. The van der Waals surface area contributed by atoms with Crippen molar-refractivity contribution in [1.29, 1.82) is 0 Å². The molecular weight excluding hydrogens is 164 g/mol. The van der Waals surface area contributed by atoms with E-state index in [1.54, 1.807) is 12.4 Å². The Labute approximate surface area is 77.8 Å². The van der Waals surface area contributed by atoms with Crippen molar-refractivity contribution in [3.63, 3.8) is 0 Å². The summed E-state index contributed by atoms with van der Waals surface area (Å²) in [5.74, 6) is 1.28. The molecule has 1 aromatic heterocycles. The average molecular weight is 178 g/mol. The molecule has 13 heavy (non-hydrogen) atoms. The van der Waals surface area contributed by atoms with Gasteiger partial charge in [0.2, 0.25) is 0 Å². The fourth-order valence-electron chi connectivity index (χ4n) is 1.35. The predicted molar refractivity (Wildman–Crippen MR) is 49.1 cm³/mol. The zero-order chi connectivity index (χ0) is 9.26. The number of hydrogen-bond acceptors (Lipinski definition) is 3. The number of aliphatic hydroxyl groups excluding tert-OH is 1. The number of nitrogens with zero attached hydrogens (tertiary/aromatic N) is 2. The van der Waals surface area contributed by atoms with Crippen LogP contribution in [0.4, 0.5) is 0 Å². The zero-order valence-electron chi connectivity index (χ0n) is 7.77. The van der Waals surface area contributed by atoms with E-state index in [0.29, 0.717) is 11.7 Å². The zero-order valence-corrected chi connectivity index (χ0v) is 7.77. The van der Waals surface area contributed by atoms with Gasteiger partial charge in [-0.3, -0.25) is 0 Å². The van der Waals surface area contributed by atoms with Gasteiger partial charge in [0.25, 0.3) is 0 Å². The third-order valence-corrected chi connectivity index (χ3v) is 2.35. The molecule has 1 atom stereocenters. The van der Waals surface area contributed by atoms with Crippen LogP contribution in [0.25, 0.3) is 0 Å². The molecule has 70 valence electrons. The van der Waals surface area contributed by atoms with E-state index in [0.717, 1.165) is 12.0 Å². The fraction of sp³-hybridized carbons (Fsp3) is 0.600. The van der Waals surface area contributed by atoms with E-state index in [9.17, 15) is 5.11 Å². The van der Waals surface area contributed by atoms with E-state index < -0.39 is 6.10 Å². The van der Waals surface area contributed by atoms with Crippen molar-refractivity contribution in [2.45, 2.75) is 32.3 Å². The smallest absolute Gasteiger partial charge is 0.156 e. The molecule has 1 fully saturated rings. The van der Waals surface area contributed by atoms with Crippen molar-refractivity contribution in [3.05, 3.63) is 23.8 Å². The second kappa shape index (κ2) is 3.42. The summed E-state index contributed by atoms with van der Waals surface area (Å²) in [7, 11) is 0. The lowest BCUT2D eigenvalue weighted by Crippen LogP contribution is -2.04. The molecule has 1 saturated carbocycles. The summed E-state index contributed by atoms with van der Waals surface area (Å²) < 4.78 is 0. The van der Waals surface area contributed by atoms with Crippen LogP contribution in [0.5, 0.6) is 0 Å². The summed E-state index contributed by atoms with van der Waals surface area (Å²) >= 11 is 0. The van der Waals surface area contributed by atoms with Gasteiger partial charge < -0.3 is 5.11 Å². The van der Waals surface area contributed by atoms with Gasteiger partial charge in [0.15, 0.2) is 5.82 Å². The van der Waals surface area contributed by atoms with Gasteiger partial charge in [0.05, 0.1) is 0 Å². The number of rotatable bonds is 3. The van der Waals surface area contributed by atoms with Crippen LogP contribution in [-0.2, 0) is 0 Å². The number of aromatic nitrogens is 2. The summed E-state index contributed by atoms with van der Waals surface area (Å²) in [6.45, 7) is 1.94. The highest BCUT2D eigenvalue weighted by molar-refractivity contribution is 5.03. The molecule has 0 amide bonds. The first-order valence-electron chi connectivity index (χ1n) is 4.72. The molecule has 3 nitrogen and oxygen atoms in total. The molecule has 1 aromatic rings. The standard InChI is InChI=1S/C10H14N2O/c1-7-5-11-10(12-6-7)9(13)4-8-2-3-8/h5-6,8-9,13H,2-4H2,1H3. The van der Waals surface area contributed by atoms with Gasteiger partial charge in [-0.25, -0.2) is 9.97 Å². The van der Waals surface area contributed by atoms with Gasteiger partial charge in [-0.15, -0.1) is 0 Å². The molecule has 1 N–H and O–H groups in total. The average Bonchev–Trinajstić information content (AvgIpc) is 2.89. The van der Waals surface area contributed by atoms with E-state index in [1.807, 2.05) is 6.92 Å². The first-order valence-corrected chi connectivity index (χ1v) is 4.72. The third-order valence-electron chi connectivity index (χ3n) is 2.35. The molecular formula is C10H14N2O. The lowest BCUT2D eigenvalue weighted by molar-refractivity contribution is 0.150. The Morgan fingerprint density at radius 2 is 2.08 bits per heavy atom. The lowest BCUT2D eigenvalue weighted by Gasteiger charge is -2.07. The Balaban J connectivity index is 2.01. The summed E-state index contributed by atoms with van der Waals surface area (Å²) in [6, 6.07) is 0. The van der Waals surface area contributed by atoms with Gasteiger partial charge in [0, 0.05) is 12.4 Å². The van der Waals surface area contributed by atoms with Crippen molar-refractivity contribution in [2.24, 2.45) is 5.92 Å². The molecule has 0 aromatic carbocycles. The maximum absolute atomic E-state index is 9.70. The van der Waals surface area contributed by atoms with Crippen LogP contribution in [0.1, 0.15) is 36.8 Å². The minimum Gasteiger partial charge on any atom is -0.385 e. The van der Waals surface area contributed by atoms with Crippen LogP contribution in [0, 0.1) is 12.8 Å². The highest BCUT2D eigenvalue weighted by atomic mass is 16.3. The van der Waals surface area contributed by atoms with E-state index >= 15 is 0 Å². The number of aliphatic hydroxyl groups is 1. The summed E-state index contributed by atoms with van der Waals surface area (Å²) in [6.07, 6.45) is 6.36. The second-order valence-electron chi connectivity index (χ2n) is 3.81. The monoisotopic (exact) mass is 178 g/mol. The van der Waals surface area contributed by atoms with Crippen molar-refractivity contribution in [3.8, 4) is 0 Å². The molecule has 0 saturated heterocycles. The first kappa shape index (κ1) is 8.63. The Bertz CT molecular complexity index is 279. The second-order valence-corrected chi connectivity index (χ2v) is 3.81. The van der Waals surface area contributed by atoms with Crippen LogP contribution in [-0.4, -0.2) is 15.1 Å². The van der Waals surface area contributed by atoms with E-state index in [2.05, 4.69) is 9.97 Å². The minimum absolute atomic E-state index is 0.465. The van der Waals surface area contributed by atoms with Gasteiger partial charge in [0.1, 0.15) is 6.10 Å². The Morgan fingerprint density at radius 1 is 1.46 bits per heavy atom. The van der Waals surface area contributed by atoms with Gasteiger partial charge >= 0.3 is 0 Å². The van der Waals surface area contributed by atoms with Crippen molar-refractivity contribution >= 4 is 0 Å². The van der Waals surface area contributed by atoms with Crippen molar-refractivity contribution in [1.82, 2.24) is 9.97 Å². The SMILES string of the molecule is Cc1cnc(C(O)CC2CC2)nc1. The van der Waals surface area contributed by atoms with E-state index in [1.165, 1.54) is 12.8 Å². The summed E-state index contributed by atoms with van der Waals surface area (Å²) in [4.78, 5) is 8.20. The Kier molecular flexibility index (Phi) is 2.27. The molecule has 1 heterocycles. The molecule has 3 heteroatoms. The number of hydrogen-bond donors (Lipinski definition) is 1. The normalized spacial score (nSPS) is 18.6. The van der Waals surface area contributed by atoms with E-state index in [-0.39, 0.29) is 0 Å². The van der Waals surface area contributed by atoms with Crippen LogP contribution in [0.3, 0.4) is 0 Å². The minimum atomic E-state index is -0.465. The van der Waals surface area contributed by atoms with Crippen LogP contribution in [0.15, 0.2) is 12.4 Å². The molecule has 1 aliphatic carbocycles. The quantitative estimate of drug-likeness (QED) is 0.765. The van der Waals surface area contributed by atoms with E-state index in [4.69, 9.17) is 0 Å². The molecule has 2 rings (SSSR count).